The predicted molar refractivity (Wildman–Crippen MR) is 73.8 cm³/mol. The molecule has 1 aliphatic rings. The number of morpholine rings is 1. The average molecular weight is 333 g/mol. The van der Waals surface area contributed by atoms with Crippen molar-refractivity contribution < 1.29 is 17.9 Å². The zero-order valence-corrected chi connectivity index (χ0v) is 12.4. The molecule has 22 heavy (non-hydrogen) atoms. The molecule has 0 aromatic carbocycles. The average Bonchev–Trinajstić information content (AvgIpc) is 2.91. The van der Waals surface area contributed by atoms with E-state index in [2.05, 4.69) is 20.2 Å². The van der Waals surface area contributed by atoms with Gasteiger partial charge in [0.15, 0.2) is 5.65 Å². The fourth-order valence-electron chi connectivity index (χ4n) is 2.13. The number of aromatic nitrogens is 4. The summed E-state index contributed by atoms with van der Waals surface area (Å²) < 4.78 is 44.4. The van der Waals surface area contributed by atoms with Crippen LogP contribution in [-0.2, 0) is 10.9 Å². The van der Waals surface area contributed by atoms with Crippen molar-refractivity contribution in [1.82, 2.24) is 24.7 Å². The smallest absolute Gasteiger partial charge is 0.379 e. The Hall–Kier alpha value is -1.39. The Morgan fingerprint density at radius 1 is 1.18 bits per heavy atom. The molecule has 120 valence electrons. The van der Waals surface area contributed by atoms with Gasteiger partial charge < -0.3 is 4.74 Å². The third-order valence-electron chi connectivity index (χ3n) is 3.25. The monoisotopic (exact) mass is 333 g/mol. The zero-order valence-electron chi connectivity index (χ0n) is 11.6. The fraction of sp³-hybridized carbons (Fsp3) is 0.583. The Balaban J connectivity index is 1.66. The molecule has 0 radical (unpaired) electrons. The Bertz CT molecular complexity index is 641. The van der Waals surface area contributed by atoms with E-state index >= 15 is 0 Å². The Kier molecular flexibility index (Phi) is 4.50. The van der Waals surface area contributed by atoms with Crippen molar-refractivity contribution in [1.29, 1.82) is 0 Å². The van der Waals surface area contributed by atoms with Crippen LogP contribution in [0.15, 0.2) is 17.2 Å². The summed E-state index contributed by atoms with van der Waals surface area (Å²) >= 11 is 1.41. The number of alkyl halides is 3. The molecule has 10 heteroatoms. The quantitative estimate of drug-likeness (QED) is 0.792. The highest BCUT2D eigenvalue weighted by Crippen LogP contribution is 2.28. The van der Waals surface area contributed by atoms with E-state index < -0.39 is 12.0 Å². The van der Waals surface area contributed by atoms with Gasteiger partial charge in [0, 0.05) is 25.4 Å². The van der Waals surface area contributed by atoms with Gasteiger partial charge >= 0.3 is 6.18 Å². The van der Waals surface area contributed by atoms with Crippen LogP contribution < -0.4 is 0 Å². The van der Waals surface area contributed by atoms with Gasteiger partial charge in [-0.3, -0.25) is 4.90 Å². The van der Waals surface area contributed by atoms with Crippen LogP contribution in [0.4, 0.5) is 13.2 Å². The van der Waals surface area contributed by atoms with E-state index in [0.717, 1.165) is 43.1 Å². The second-order valence-corrected chi connectivity index (χ2v) is 5.88. The number of ether oxygens (including phenoxy) is 1. The highest BCUT2D eigenvalue weighted by molar-refractivity contribution is 7.99. The minimum Gasteiger partial charge on any atom is -0.379 e. The lowest BCUT2D eigenvalue weighted by Gasteiger charge is -2.26. The van der Waals surface area contributed by atoms with Crippen molar-refractivity contribution in [2.75, 3.05) is 38.6 Å². The van der Waals surface area contributed by atoms with Gasteiger partial charge in [-0.25, -0.2) is 0 Å². The molecule has 2 aromatic heterocycles. The lowest BCUT2D eigenvalue weighted by Crippen LogP contribution is -2.37. The Morgan fingerprint density at radius 2 is 1.95 bits per heavy atom. The highest BCUT2D eigenvalue weighted by Gasteiger charge is 2.37. The first-order valence-electron chi connectivity index (χ1n) is 6.76. The molecule has 0 N–H and O–H groups in total. The van der Waals surface area contributed by atoms with Gasteiger partial charge in [-0.05, 0) is 12.1 Å². The number of hydrogen-bond acceptors (Lipinski definition) is 6. The van der Waals surface area contributed by atoms with Gasteiger partial charge in [0.2, 0.25) is 0 Å². The highest BCUT2D eigenvalue weighted by atomic mass is 32.2. The molecule has 0 saturated carbocycles. The molecular formula is C12H14F3N5OS. The maximum absolute atomic E-state index is 12.8. The number of fused-ring (bicyclic) bond motifs is 1. The van der Waals surface area contributed by atoms with E-state index in [1.807, 2.05) is 0 Å². The Labute approximate surface area is 128 Å². The van der Waals surface area contributed by atoms with Crippen LogP contribution in [0.5, 0.6) is 0 Å². The third kappa shape index (κ3) is 3.50. The Morgan fingerprint density at radius 3 is 2.68 bits per heavy atom. The van der Waals surface area contributed by atoms with Gasteiger partial charge in [0.25, 0.3) is 5.82 Å². The number of thioether (sulfide) groups is 1. The van der Waals surface area contributed by atoms with Crippen LogP contribution in [-0.4, -0.2) is 63.3 Å². The molecule has 1 aliphatic heterocycles. The van der Waals surface area contributed by atoms with Gasteiger partial charge in [0.05, 0.1) is 13.2 Å². The molecule has 3 heterocycles. The van der Waals surface area contributed by atoms with Gasteiger partial charge in [-0.15, -0.1) is 22.0 Å². The first kappa shape index (κ1) is 15.5. The molecule has 0 amide bonds. The molecule has 0 spiro atoms. The maximum Gasteiger partial charge on any atom is 0.453 e. The van der Waals surface area contributed by atoms with E-state index in [1.54, 1.807) is 6.07 Å². The standard InChI is InChI=1S/C12H14F3N5OS/c13-12(14,15)11-17-16-9-1-2-10(18-20(9)11)22-8-5-19-3-6-21-7-4-19/h1-2H,3-8H2. The van der Waals surface area contributed by atoms with Crippen LogP contribution >= 0.6 is 11.8 Å². The minimum absolute atomic E-state index is 0.0878. The molecule has 3 rings (SSSR count). The van der Waals surface area contributed by atoms with Crippen molar-refractivity contribution >= 4 is 17.4 Å². The molecule has 2 aromatic rings. The molecule has 0 aliphatic carbocycles. The second-order valence-electron chi connectivity index (χ2n) is 4.77. The SMILES string of the molecule is FC(F)(F)c1nnc2ccc(SCCN3CCOCC3)nn12. The van der Waals surface area contributed by atoms with Crippen molar-refractivity contribution in [2.24, 2.45) is 0 Å². The van der Waals surface area contributed by atoms with E-state index in [1.165, 1.54) is 17.8 Å². The number of rotatable bonds is 4. The van der Waals surface area contributed by atoms with Crippen molar-refractivity contribution in [3.8, 4) is 0 Å². The first-order chi connectivity index (χ1) is 10.5. The summed E-state index contributed by atoms with van der Waals surface area (Å²) in [5, 5.41) is 11.1. The number of nitrogens with zero attached hydrogens (tertiary/aromatic N) is 5. The minimum atomic E-state index is -4.57. The normalized spacial score (nSPS) is 17.2. The molecule has 6 nitrogen and oxygen atoms in total. The molecule has 1 fully saturated rings. The van der Waals surface area contributed by atoms with Crippen molar-refractivity contribution in [3.63, 3.8) is 0 Å². The summed E-state index contributed by atoms with van der Waals surface area (Å²) in [5.74, 6) is -0.347. The van der Waals surface area contributed by atoms with Crippen LogP contribution in [0.25, 0.3) is 5.65 Å². The predicted octanol–water partition coefficient (Wildman–Crippen LogP) is 1.57. The van der Waals surface area contributed by atoms with Gasteiger partial charge in [0.1, 0.15) is 5.03 Å². The molecule has 1 saturated heterocycles. The summed E-state index contributed by atoms with van der Waals surface area (Å²) in [5.41, 5.74) is 0.0878. The maximum atomic E-state index is 12.8. The van der Waals surface area contributed by atoms with Crippen LogP contribution in [0.1, 0.15) is 5.82 Å². The third-order valence-corrected chi connectivity index (χ3v) is 4.15. The second kappa shape index (κ2) is 6.39. The zero-order chi connectivity index (χ0) is 15.6. The lowest BCUT2D eigenvalue weighted by molar-refractivity contribution is -0.146. The molecular weight excluding hydrogens is 319 g/mol. The fourth-order valence-corrected chi connectivity index (χ4v) is 2.99. The van der Waals surface area contributed by atoms with E-state index in [4.69, 9.17) is 4.74 Å². The molecule has 0 atom stereocenters. The van der Waals surface area contributed by atoms with E-state index in [-0.39, 0.29) is 5.65 Å². The lowest BCUT2D eigenvalue weighted by atomic mass is 10.4. The van der Waals surface area contributed by atoms with Gasteiger partial charge in [-0.2, -0.15) is 22.8 Å². The summed E-state index contributed by atoms with van der Waals surface area (Å²) in [4.78, 5) is 2.26. The largest absolute Gasteiger partial charge is 0.453 e. The summed E-state index contributed by atoms with van der Waals surface area (Å²) in [7, 11) is 0. The topological polar surface area (TPSA) is 55.5 Å². The van der Waals surface area contributed by atoms with E-state index in [9.17, 15) is 13.2 Å². The van der Waals surface area contributed by atoms with Crippen molar-refractivity contribution in [2.45, 2.75) is 11.2 Å². The van der Waals surface area contributed by atoms with E-state index in [0.29, 0.717) is 5.03 Å². The van der Waals surface area contributed by atoms with Crippen LogP contribution in [0, 0.1) is 0 Å². The molecule has 0 unspecified atom stereocenters. The number of hydrogen-bond donors (Lipinski definition) is 0. The van der Waals surface area contributed by atoms with Gasteiger partial charge in [-0.1, -0.05) is 0 Å². The molecule has 0 bridgehead atoms. The number of halogens is 3. The summed E-state index contributed by atoms with van der Waals surface area (Å²) in [6.45, 7) is 4.07. The first-order valence-corrected chi connectivity index (χ1v) is 7.75. The summed E-state index contributed by atoms with van der Waals surface area (Å²) in [6, 6.07) is 3.15. The summed E-state index contributed by atoms with van der Waals surface area (Å²) in [6.07, 6.45) is -4.57. The van der Waals surface area contributed by atoms with Crippen molar-refractivity contribution in [3.05, 3.63) is 18.0 Å². The van der Waals surface area contributed by atoms with Crippen LogP contribution in [0.2, 0.25) is 0 Å². The van der Waals surface area contributed by atoms with Crippen LogP contribution in [0.3, 0.4) is 0 Å².